The van der Waals surface area contributed by atoms with Gasteiger partial charge >= 0.3 is 0 Å². The van der Waals surface area contributed by atoms with Crippen molar-refractivity contribution in [2.75, 3.05) is 11.9 Å². The van der Waals surface area contributed by atoms with Gasteiger partial charge in [0.25, 0.3) is 0 Å². The predicted molar refractivity (Wildman–Crippen MR) is 77.6 cm³/mol. The van der Waals surface area contributed by atoms with Crippen molar-refractivity contribution in [3.05, 3.63) is 47.8 Å². The quantitative estimate of drug-likeness (QED) is 0.850. The van der Waals surface area contributed by atoms with Crippen molar-refractivity contribution in [2.45, 2.75) is 6.54 Å². The smallest absolute Gasteiger partial charge is 0.106 e. The van der Waals surface area contributed by atoms with Crippen LogP contribution in [0.1, 0.15) is 11.1 Å². The molecule has 2 N–H and O–H groups in total. The lowest BCUT2D eigenvalue weighted by molar-refractivity contribution is 0.766. The molecule has 2 rings (SSSR count). The number of aryl methyl sites for hydroxylation is 1. The molecule has 0 saturated carbocycles. The molecule has 0 saturated heterocycles. The first-order valence-corrected chi connectivity index (χ1v) is 6.06. The Bertz CT molecular complexity index is 562. The summed E-state index contributed by atoms with van der Waals surface area (Å²) >= 11 is 5.07. The minimum Gasteiger partial charge on any atom is -0.389 e. The molecular weight excluding hydrogens is 244 g/mol. The van der Waals surface area contributed by atoms with E-state index in [2.05, 4.69) is 10.00 Å². The minimum atomic E-state index is 0.420. The molecule has 1 aromatic carbocycles. The molecule has 18 heavy (non-hydrogen) atoms. The summed E-state index contributed by atoms with van der Waals surface area (Å²) in [4.78, 5) is 2.54. The molecule has 0 fully saturated rings. The number of rotatable bonds is 4. The third-order valence-electron chi connectivity index (χ3n) is 2.76. The van der Waals surface area contributed by atoms with Crippen molar-refractivity contribution in [1.82, 2.24) is 9.78 Å². The lowest BCUT2D eigenvalue weighted by Gasteiger charge is -2.21. The zero-order chi connectivity index (χ0) is 13.1. The lowest BCUT2D eigenvalue weighted by Crippen LogP contribution is -2.21. The first-order chi connectivity index (χ1) is 8.58. The highest BCUT2D eigenvalue weighted by molar-refractivity contribution is 7.80. The van der Waals surface area contributed by atoms with E-state index in [0.29, 0.717) is 4.99 Å². The number of thiocarbonyl (C=S) groups is 1. The van der Waals surface area contributed by atoms with Crippen LogP contribution in [-0.4, -0.2) is 21.8 Å². The summed E-state index contributed by atoms with van der Waals surface area (Å²) in [5, 5.41) is 4.16. The molecule has 0 aliphatic rings. The van der Waals surface area contributed by atoms with Gasteiger partial charge in [0, 0.05) is 43.7 Å². The number of aromatic nitrogens is 2. The van der Waals surface area contributed by atoms with Gasteiger partial charge in [0.1, 0.15) is 4.99 Å². The van der Waals surface area contributed by atoms with Gasteiger partial charge in [0.2, 0.25) is 0 Å². The summed E-state index contributed by atoms with van der Waals surface area (Å²) in [7, 11) is 3.93. The highest BCUT2D eigenvalue weighted by atomic mass is 32.1. The highest BCUT2D eigenvalue weighted by Gasteiger charge is 2.09. The van der Waals surface area contributed by atoms with Crippen LogP contribution < -0.4 is 10.6 Å². The van der Waals surface area contributed by atoms with Crippen molar-refractivity contribution in [3.63, 3.8) is 0 Å². The summed E-state index contributed by atoms with van der Waals surface area (Å²) in [6, 6.07) is 7.88. The van der Waals surface area contributed by atoms with Gasteiger partial charge in [0.05, 0.1) is 6.20 Å². The van der Waals surface area contributed by atoms with E-state index >= 15 is 0 Å². The Morgan fingerprint density at radius 2 is 2.17 bits per heavy atom. The van der Waals surface area contributed by atoms with Crippen molar-refractivity contribution >= 4 is 22.9 Å². The van der Waals surface area contributed by atoms with Crippen LogP contribution in [0.5, 0.6) is 0 Å². The normalized spacial score (nSPS) is 10.3. The van der Waals surface area contributed by atoms with Crippen molar-refractivity contribution in [1.29, 1.82) is 0 Å². The zero-order valence-electron chi connectivity index (χ0n) is 10.5. The maximum Gasteiger partial charge on any atom is 0.106 e. The van der Waals surface area contributed by atoms with Gasteiger partial charge in [0.15, 0.2) is 0 Å². The Labute approximate surface area is 112 Å². The van der Waals surface area contributed by atoms with Gasteiger partial charge in [-0.15, -0.1) is 0 Å². The fourth-order valence-electron chi connectivity index (χ4n) is 1.93. The average molecular weight is 260 g/mol. The maximum absolute atomic E-state index is 5.74. The molecule has 4 nitrogen and oxygen atoms in total. The van der Waals surface area contributed by atoms with E-state index in [9.17, 15) is 0 Å². The van der Waals surface area contributed by atoms with Gasteiger partial charge in [-0.1, -0.05) is 24.4 Å². The highest BCUT2D eigenvalue weighted by Crippen LogP contribution is 2.20. The van der Waals surface area contributed by atoms with Crippen molar-refractivity contribution < 1.29 is 0 Å². The summed E-state index contributed by atoms with van der Waals surface area (Å²) in [6.07, 6.45) is 3.86. The molecule has 0 aliphatic carbocycles. The van der Waals surface area contributed by atoms with E-state index in [1.54, 1.807) is 4.68 Å². The largest absolute Gasteiger partial charge is 0.389 e. The van der Waals surface area contributed by atoms with E-state index in [0.717, 1.165) is 23.4 Å². The third kappa shape index (κ3) is 2.68. The number of nitrogens with zero attached hydrogens (tertiary/aromatic N) is 3. The number of para-hydroxylation sites is 1. The first kappa shape index (κ1) is 12.6. The van der Waals surface area contributed by atoms with E-state index in [4.69, 9.17) is 18.0 Å². The van der Waals surface area contributed by atoms with Gasteiger partial charge < -0.3 is 10.6 Å². The fourth-order valence-corrected chi connectivity index (χ4v) is 2.10. The molecule has 0 atom stereocenters. The minimum absolute atomic E-state index is 0.420. The van der Waals surface area contributed by atoms with Gasteiger partial charge in [-0.2, -0.15) is 5.10 Å². The monoisotopic (exact) mass is 260 g/mol. The van der Waals surface area contributed by atoms with Gasteiger partial charge in [-0.05, 0) is 12.1 Å². The Morgan fingerprint density at radius 1 is 1.44 bits per heavy atom. The van der Waals surface area contributed by atoms with Crippen molar-refractivity contribution in [2.24, 2.45) is 12.8 Å². The lowest BCUT2D eigenvalue weighted by atomic mass is 10.1. The third-order valence-corrected chi connectivity index (χ3v) is 2.98. The second-order valence-electron chi connectivity index (χ2n) is 4.26. The topological polar surface area (TPSA) is 47.1 Å². The molecule has 5 heteroatoms. The second kappa shape index (κ2) is 5.18. The van der Waals surface area contributed by atoms with E-state index in [-0.39, 0.29) is 0 Å². The van der Waals surface area contributed by atoms with E-state index in [1.165, 1.54) is 0 Å². The van der Waals surface area contributed by atoms with Crippen LogP contribution in [0.2, 0.25) is 0 Å². The SMILES string of the molecule is CN(Cc1cnn(C)c1)c1ccccc1C(N)=S. The molecular formula is C13H16N4S. The van der Waals surface area contributed by atoms with Crippen LogP contribution >= 0.6 is 12.2 Å². The second-order valence-corrected chi connectivity index (χ2v) is 4.70. The van der Waals surface area contributed by atoms with E-state index < -0.39 is 0 Å². The summed E-state index contributed by atoms with van der Waals surface area (Å²) in [6.45, 7) is 0.771. The number of hydrogen-bond acceptors (Lipinski definition) is 3. The number of anilines is 1. The molecule has 0 bridgehead atoms. The fraction of sp³-hybridized carbons (Fsp3) is 0.231. The molecule has 0 aliphatic heterocycles. The predicted octanol–water partition coefficient (Wildman–Crippen LogP) is 1.69. The Morgan fingerprint density at radius 3 is 2.78 bits per heavy atom. The Balaban J connectivity index is 2.23. The van der Waals surface area contributed by atoms with Crippen LogP contribution in [-0.2, 0) is 13.6 Å². The molecule has 1 aromatic heterocycles. The summed E-state index contributed by atoms with van der Waals surface area (Å²) in [5.41, 5.74) is 8.83. The molecule has 1 heterocycles. The Kier molecular flexibility index (Phi) is 3.62. The first-order valence-electron chi connectivity index (χ1n) is 5.65. The van der Waals surface area contributed by atoms with Crippen LogP contribution in [0.3, 0.4) is 0 Å². The van der Waals surface area contributed by atoms with Crippen LogP contribution in [0.15, 0.2) is 36.7 Å². The summed E-state index contributed by atoms with van der Waals surface area (Å²) < 4.78 is 1.79. The standard InChI is InChI=1S/C13H16N4S/c1-16(8-10-7-15-17(2)9-10)12-6-4-3-5-11(12)13(14)18/h3-7,9H,8H2,1-2H3,(H2,14,18). The average Bonchev–Trinajstić information content (AvgIpc) is 2.74. The van der Waals surface area contributed by atoms with E-state index in [1.807, 2.05) is 50.8 Å². The number of nitrogens with two attached hydrogens (primary N) is 1. The number of benzene rings is 1. The Hall–Kier alpha value is -1.88. The van der Waals surface area contributed by atoms with Gasteiger partial charge in [-0.25, -0.2) is 0 Å². The summed E-state index contributed by atoms with van der Waals surface area (Å²) in [5.74, 6) is 0. The zero-order valence-corrected chi connectivity index (χ0v) is 11.3. The molecule has 94 valence electrons. The molecule has 2 aromatic rings. The van der Waals surface area contributed by atoms with Gasteiger partial charge in [-0.3, -0.25) is 4.68 Å². The molecule has 0 unspecified atom stereocenters. The number of hydrogen-bond donors (Lipinski definition) is 1. The molecule has 0 radical (unpaired) electrons. The van der Waals surface area contributed by atoms with Crippen molar-refractivity contribution in [3.8, 4) is 0 Å². The molecule has 0 spiro atoms. The van der Waals surface area contributed by atoms with Crippen LogP contribution in [0.25, 0.3) is 0 Å². The van der Waals surface area contributed by atoms with Crippen LogP contribution in [0.4, 0.5) is 5.69 Å². The maximum atomic E-state index is 5.74. The molecule has 0 amide bonds. The van der Waals surface area contributed by atoms with Crippen LogP contribution in [0, 0.1) is 0 Å².